The normalized spacial score (nSPS) is 24.1. The van der Waals surface area contributed by atoms with Crippen LogP contribution in [0.3, 0.4) is 0 Å². The molecule has 0 aromatic heterocycles. The van der Waals surface area contributed by atoms with E-state index in [-0.39, 0.29) is 0 Å². The van der Waals surface area contributed by atoms with Crippen LogP contribution in [0.2, 0.25) is 17.5 Å². The molecule has 0 spiro atoms. The minimum atomic E-state index is 0.799. The summed E-state index contributed by atoms with van der Waals surface area (Å²) in [6.07, 6.45) is 10.5. The van der Waals surface area contributed by atoms with Gasteiger partial charge in [-0.25, -0.2) is 0 Å². The molecule has 1 aliphatic carbocycles. The molecule has 0 aromatic rings. The van der Waals surface area contributed by atoms with Gasteiger partial charge < -0.3 is 0 Å². The van der Waals surface area contributed by atoms with Gasteiger partial charge in [0.1, 0.15) is 0 Å². The van der Waals surface area contributed by atoms with Gasteiger partial charge in [0.05, 0.1) is 0 Å². The van der Waals surface area contributed by atoms with E-state index < -0.39 is 0 Å². The third-order valence-corrected chi connectivity index (χ3v) is 5.35. The van der Waals surface area contributed by atoms with Crippen LogP contribution in [0.25, 0.3) is 0 Å². The van der Waals surface area contributed by atoms with E-state index in [0.29, 0.717) is 0 Å². The molecule has 0 aliphatic heterocycles. The van der Waals surface area contributed by atoms with Crippen LogP contribution in [0, 0.1) is 11.8 Å². The largest absolute Gasteiger partial charge is 0.153 e. The highest BCUT2D eigenvalue weighted by atomic mass is 14.2. The molecule has 18 heavy (non-hydrogen) atoms. The first-order chi connectivity index (χ1) is 8.45. The Morgan fingerprint density at radius 1 is 0.889 bits per heavy atom. The average molecular weight is 248 g/mol. The highest BCUT2D eigenvalue weighted by molar-refractivity contribution is 6.64. The Labute approximate surface area is 116 Å². The van der Waals surface area contributed by atoms with E-state index in [1.165, 1.54) is 25.7 Å². The Hall–Kier alpha value is -0.195. The lowest BCUT2D eigenvalue weighted by molar-refractivity contribution is 0.547. The number of hydrogen-bond donors (Lipinski definition) is 0. The van der Waals surface area contributed by atoms with Crippen molar-refractivity contribution in [3.05, 3.63) is 12.2 Å². The quantitative estimate of drug-likeness (QED) is 0.409. The minimum Gasteiger partial charge on any atom is -0.0926 e. The zero-order valence-corrected chi connectivity index (χ0v) is 13.4. The Bertz CT molecular complexity index is 240. The van der Waals surface area contributed by atoms with Crippen molar-refractivity contribution in [1.82, 2.24) is 0 Å². The summed E-state index contributed by atoms with van der Waals surface area (Å²) in [5.41, 5.74) is 0. The Balaban J connectivity index is 2.87. The molecule has 104 valence electrons. The predicted octanol–water partition coefficient (Wildman–Crippen LogP) is 6.07. The van der Waals surface area contributed by atoms with Crippen LogP contribution in [-0.4, -0.2) is 6.71 Å². The molecular weight excluding hydrogens is 215 g/mol. The standard InChI is InChI=1S/C17H33B/c1-13(2)15(5)18(16(6)14(3)4)17-11-9-7-8-10-12-17/h9,11,13-17H,7-8,10,12H2,1-6H3. The van der Waals surface area contributed by atoms with Gasteiger partial charge in [-0.2, -0.15) is 0 Å². The van der Waals surface area contributed by atoms with E-state index in [9.17, 15) is 0 Å². The predicted molar refractivity (Wildman–Crippen MR) is 85.6 cm³/mol. The molecule has 3 atom stereocenters. The summed E-state index contributed by atoms with van der Waals surface area (Å²) < 4.78 is 0. The third-order valence-electron chi connectivity index (χ3n) is 5.35. The first-order valence-electron chi connectivity index (χ1n) is 8.11. The third kappa shape index (κ3) is 4.18. The van der Waals surface area contributed by atoms with Crippen LogP contribution >= 0.6 is 0 Å². The lowest BCUT2D eigenvalue weighted by atomic mass is 9.25. The Morgan fingerprint density at radius 2 is 1.44 bits per heavy atom. The number of allylic oxidation sites excluding steroid dienone is 2. The van der Waals surface area contributed by atoms with E-state index in [1.807, 2.05) is 0 Å². The summed E-state index contributed by atoms with van der Waals surface area (Å²) in [7, 11) is 0. The van der Waals surface area contributed by atoms with Crippen LogP contribution in [0.4, 0.5) is 0 Å². The fourth-order valence-corrected chi connectivity index (χ4v) is 3.48. The van der Waals surface area contributed by atoms with Gasteiger partial charge in [0.15, 0.2) is 6.71 Å². The molecule has 0 nitrogen and oxygen atoms in total. The van der Waals surface area contributed by atoms with Gasteiger partial charge in [-0.15, -0.1) is 0 Å². The zero-order chi connectivity index (χ0) is 13.7. The summed E-state index contributed by atoms with van der Waals surface area (Å²) in [6.45, 7) is 15.4. The first-order valence-corrected chi connectivity index (χ1v) is 8.11. The van der Waals surface area contributed by atoms with E-state index >= 15 is 0 Å². The lowest BCUT2D eigenvalue weighted by Crippen LogP contribution is -2.34. The van der Waals surface area contributed by atoms with Crippen LogP contribution in [0.5, 0.6) is 0 Å². The van der Waals surface area contributed by atoms with Crippen molar-refractivity contribution < 1.29 is 0 Å². The minimum absolute atomic E-state index is 0.799. The second kappa shape index (κ2) is 7.41. The van der Waals surface area contributed by atoms with Gasteiger partial charge in [-0.05, 0) is 18.7 Å². The van der Waals surface area contributed by atoms with Gasteiger partial charge in [0.2, 0.25) is 0 Å². The summed E-state index contributed by atoms with van der Waals surface area (Å²) >= 11 is 0. The highest BCUT2D eigenvalue weighted by Crippen LogP contribution is 2.42. The average Bonchev–Trinajstić information content (AvgIpc) is 2.57. The molecule has 3 unspecified atom stereocenters. The molecule has 1 heteroatoms. The molecule has 0 bridgehead atoms. The molecule has 1 aliphatic rings. The lowest BCUT2D eigenvalue weighted by Gasteiger charge is -2.36. The molecule has 0 radical (unpaired) electrons. The Kier molecular flexibility index (Phi) is 6.53. The van der Waals surface area contributed by atoms with Gasteiger partial charge in [-0.1, -0.05) is 90.0 Å². The molecule has 0 amide bonds. The van der Waals surface area contributed by atoms with E-state index in [4.69, 9.17) is 0 Å². The van der Waals surface area contributed by atoms with Crippen molar-refractivity contribution in [2.24, 2.45) is 11.8 Å². The van der Waals surface area contributed by atoms with Crippen LogP contribution in [0.1, 0.15) is 67.2 Å². The molecule has 1 rings (SSSR count). The number of rotatable bonds is 5. The van der Waals surface area contributed by atoms with E-state index in [0.717, 1.165) is 36.0 Å². The van der Waals surface area contributed by atoms with Gasteiger partial charge in [0, 0.05) is 0 Å². The molecule has 0 heterocycles. The maximum atomic E-state index is 2.55. The van der Waals surface area contributed by atoms with Crippen molar-refractivity contribution in [2.75, 3.05) is 0 Å². The van der Waals surface area contributed by atoms with Gasteiger partial charge >= 0.3 is 0 Å². The molecule has 0 saturated heterocycles. The second-order valence-electron chi connectivity index (χ2n) is 7.16. The monoisotopic (exact) mass is 248 g/mol. The van der Waals surface area contributed by atoms with E-state index in [1.54, 1.807) is 0 Å². The van der Waals surface area contributed by atoms with Crippen molar-refractivity contribution >= 4 is 6.71 Å². The number of hydrogen-bond acceptors (Lipinski definition) is 0. The summed E-state index contributed by atoms with van der Waals surface area (Å²) in [5, 5.41) is 0. The van der Waals surface area contributed by atoms with Gasteiger partial charge in [0.25, 0.3) is 0 Å². The maximum absolute atomic E-state index is 2.55. The molecular formula is C17H33B. The summed E-state index contributed by atoms with van der Waals surface area (Å²) in [4.78, 5) is 0. The first kappa shape index (κ1) is 15.9. The topological polar surface area (TPSA) is 0 Å². The van der Waals surface area contributed by atoms with Crippen molar-refractivity contribution in [3.63, 3.8) is 0 Å². The smallest absolute Gasteiger partial charge is 0.0926 e. The van der Waals surface area contributed by atoms with Crippen molar-refractivity contribution in [3.8, 4) is 0 Å². The fraction of sp³-hybridized carbons (Fsp3) is 0.882. The SMILES string of the molecule is CC(C)C(C)B(C1C=CCCCC1)C(C)C(C)C. The van der Waals surface area contributed by atoms with Crippen LogP contribution in [-0.2, 0) is 0 Å². The van der Waals surface area contributed by atoms with Crippen molar-refractivity contribution in [2.45, 2.75) is 84.7 Å². The molecule has 0 saturated carbocycles. The maximum Gasteiger partial charge on any atom is 0.153 e. The van der Waals surface area contributed by atoms with E-state index in [2.05, 4.69) is 53.7 Å². The van der Waals surface area contributed by atoms with Crippen molar-refractivity contribution in [1.29, 1.82) is 0 Å². The molecule has 0 aromatic carbocycles. The fourth-order valence-electron chi connectivity index (χ4n) is 3.48. The second-order valence-corrected chi connectivity index (χ2v) is 7.16. The van der Waals surface area contributed by atoms with Crippen LogP contribution < -0.4 is 0 Å². The summed E-state index contributed by atoms with van der Waals surface area (Å²) in [5.74, 6) is 4.08. The summed E-state index contributed by atoms with van der Waals surface area (Å²) in [6, 6.07) is 0. The molecule has 0 fully saturated rings. The zero-order valence-electron chi connectivity index (χ0n) is 13.4. The molecule has 0 N–H and O–H groups in total. The van der Waals surface area contributed by atoms with Gasteiger partial charge in [-0.3, -0.25) is 0 Å². The van der Waals surface area contributed by atoms with Crippen LogP contribution in [0.15, 0.2) is 12.2 Å². The Morgan fingerprint density at radius 3 is 1.94 bits per heavy atom. The highest BCUT2D eigenvalue weighted by Gasteiger charge is 2.36.